The molecule has 0 spiro atoms. The summed E-state index contributed by atoms with van der Waals surface area (Å²) in [6.45, 7) is 9.57. The second-order valence-corrected chi connectivity index (χ2v) is 5.34. The van der Waals surface area contributed by atoms with Gasteiger partial charge in [-0.2, -0.15) is 0 Å². The Morgan fingerprint density at radius 2 is 1.86 bits per heavy atom. The predicted molar refractivity (Wildman–Crippen MR) is 63.4 cm³/mol. The second-order valence-electron chi connectivity index (χ2n) is 4.57. The van der Waals surface area contributed by atoms with E-state index in [-0.39, 0.29) is 5.41 Å². The predicted octanol–water partition coefficient (Wildman–Crippen LogP) is 4.50. The van der Waals surface area contributed by atoms with Gasteiger partial charge >= 0.3 is 0 Å². The minimum Gasteiger partial charge on any atom is -0.334 e. The van der Waals surface area contributed by atoms with E-state index in [1.54, 1.807) is 0 Å². The quantitative estimate of drug-likeness (QED) is 0.709. The fourth-order valence-electron chi connectivity index (χ4n) is 1.56. The van der Waals surface area contributed by atoms with E-state index in [4.69, 9.17) is 23.2 Å². The highest BCUT2D eigenvalue weighted by molar-refractivity contribution is 6.41. The molecule has 0 aliphatic carbocycles. The molecule has 0 aliphatic heterocycles. The Morgan fingerprint density at radius 1 is 1.29 bits per heavy atom. The van der Waals surface area contributed by atoms with E-state index in [0.29, 0.717) is 10.2 Å². The molecule has 0 N–H and O–H groups in total. The molecule has 0 aliphatic rings. The molecule has 0 bridgehead atoms. The molecule has 0 saturated carbocycles. The summed E-state index contributed by atoms with van der Waals surface area (Å²) in [4.78, 5) is 0. The van der Waals surface area contributed by atoms with Crippen molar-refractivity contribution >= 4 is 23.2 Å². The first-order chi connectivity index (χ1) is 6.38. The smallest absolute Gasteiger partial charge is 0.127 e. The monoisotopic (exact) mass is 233 g/mol. The van der Waals surface area contributed by atoms with Gasteiger partial charge in [0.05, 0.1) is 5.02 Å². The van der Waals surface area contributed by atoms with Gasteiger partial charge in [0.25, 0.3) is 0 Å². The zero-order valence-corrected chi connectivity index (χ0v) is 10.7. The number of hydrogen-bond acceptors (Lipinski definition) is 0. The lowest BCUT2D eigenvalue weighted by atomic mass is 9.92. The molecular formula is C11H17Cl2N. The van der Waals surface area contributed by atoms with Gasteiger partial charge in [0.1, 0.15) is 5.15 Å². The summed E-state index contributed by atoms with van der Waals surface area (Å²) >= 11 is 12.2. The molecule has 3 heteroatoms. The minimum atomic E-state index is 0.0892. The molecule has 0 unspecified atom stereocenters. The Morgan fingerprint density at radius 3 is 2.29 bits per heavy atom. The molecule has 1 aromatic heterocycles. The van der Waals surface area contributed by atoms with Gasteiger partial charge in [-0.05, 0) is 12.5 Å². The number of nitrogens with zero attached hydrogens (tertiary/aromatic N) is 1. The third-order valence-corrected chi connectivity index (χ3v) is 3.00. The van der Waals surface area contributed by atoms with E-state index < -0.39 is 0 Å². The van der Waals surface area contributed by atoms with E-state index in [1.807, 2.05) is 6.07 Å². The van der Waals surface area contributed by atoms with Crippen LogP contribution in [-0.4, -0.2) is 4.57 Å². The zero-order valence-electron chi connectivity index (χ0n) is 9.19. The van der Waals surface area contributed by atoms with Gasteiger partial charge in [0, 0.05) is 17.7 Å². The SMILES string of the molecule is CCCn1c(C(C)(C)C)cc(Cl)c1Cl. The summed E-state index contributed by atoms with van der Waals surface area (Å²) < 4.78 is 2.10. The lowest BCUT2D eigenvalue weighted by Crippen LogP contribution is -2.17. The number of rotatable bonds is 2. The molecule has 14 heavy (non-hydrogen) atoms. The van der Waals surface area contributed by atoms with Crippen LogP contribution >= 0.6 is 23.2 Å². The Bertz CT molecular complexity index is 321. The van der Waals surface area contributed by atoms with E-state index in [0.717, 1.165) is 13.0 Å². The van der Waals surface area contributed by atoms with Crippen LogP contribution in [0.15, 0.2) is 6.07 Å². The lowest BCUT2D eigenvalue weighted by molar-refractivity contribution is 0.513. The molecule has 1 rings (SSSR count). The van der Waals surface area contributed by atoms with Crippen LogP contribution < -0.4 is 0 Å². The molecule has 1 nitrogen and oxygen atoms in total. The van der Waals surface area contributed by atoms with Gasteiger partial charge < -0.3 is 4.57 Å². The summed E-state index contributed by atoms with van der Waals surface area (Å²) in [5.41, 5.74) is 1.29. The molecule has 1 aromatic rings. The average molecular weight is 234 g/mol. The maximum atomic E-state index is 6.13. The number of hydrogen-bond donors (Lipinski definition) is 0. The Balaban J connectivity index is 3.22. The van der Waals surface area contributed by atoms with Crippen molar-refractivity contribution in [2.45, 2.75) is 46.1 Å². The molecule has 0 amide bonds. The molecule has 80 valence electrons. The highest BCUT2D eigenvalue weighted by Crippen LogP contribution is 2.33. The molecule has 0 saturated heterocycles. The first-order valence-electron chi connectivity index (χ1n) is 4.93. The molecule has 0 aromatic carbocycles. The van der Waals surface area contributed by atoms with E-state index in [9.17, 15) is 0 Å². The first-order valence-corrected chi connectivity index (χ1v) is 5.68. The van der Waals surface area contributed by atoms with Gasteiger partial charge in [-0.25, -0.2) is 0 Å². The second kappa shape index (κ2) is 4.16. The van der Waals surface area contributed by atoms with Crippen LogP contribution in [0.3, 0.4) is 0 Å². The van der Waals surface area contributed by atoms with Crippen LogP contribution in [0.1, 0.15) is 39.8 Å². The molecule has 1 heterocycles. The van der Waals surface area contributed by atoms with Crippen LogP contribution in [0.2, 0.25) is 10.2 Å². The fourth-order valence-corrected chi connectivity index (χ4v) is 1.99. The third-order valence-electron chi connectivity index (χ3n) is 2.20. The van der Waals surface area contributed by atoms with E-state index in [1.165, 1.54) is 5.69 Å². The normalized spacial score (nSPS) is 12.1. The van der Waals surface area contributed by atoms with Crippen LogP contribution in [0.25, 0.3) is 0 Å². The lowest BCUT2D eigenvalue weighted by Gasteiger charge is -2.21. The van der Waals surface area contributed by atoms with Crippen molar-refractivity contribution in [1.82, 2.24) is 4.57 Å². The Kier molecular flexibility index (Phi) is 3.54. The number of halogens is 2. The van der Waals surface area contributed by atoms with Crippen LogP contribution in [0.4, 0.5) is 0 Å². The van der Waals surface area contributed by atoms with Crippen molar-refractivity contribution in [2.24, 2.45) is 0 Å². The maximum Gasteiger partial charge on any atom is 0.127 e. The van der Waals surface area contributed by atoms with E-state index in [2.05, 4.69) is 32.3 Å². The van der Waals surface area contributed by atoms with Crippen molar-refractivity contribution in [3.63, 3.8) is 0 Å². The summed E-state index contributed by atoms with van der Waals surface area (Å²) in [5.74, 6) is 0. The molecular weight excluding hydrogens is 217 g/mol. The van der Waals surface area contributed by atoms with Crippen LogP contribution in [0, 0.1) is 0 Å². The largest absolute Gasteiger partial charge is 0.334 e. The van der Waals surface area contributed by atoms with Gasteiger partial charge in [-0.3, -0.25) is 0 Å². The summed E-state index contributed by atoms with van der Waals surface area (Å²) in [5, 5.41) is 1.32. The average Bonchev–Trinajstić information content (AvgIpc) is 2.32. The van der Waals surface area contributed by atoms with Crippen molar-refractivity contribution in [2.75, 3.05) is 0 Å². The van der Waals surface area contributed by atoms with Crippen LogP contribution in [-0.2, 0) is 12.0 Å². The molecule has 0 fully saturated rings. The Hall–Kier alpha value is -0.140. The van der Waals surface area contributed by atoms with Crippen molar-refractivity contribution in [3.05, 3.63) is 21.9 Å². The maximum absolute atomic E-state index is 6.13. The van der Waals surface area contributed by atoms with Gasteiger partial charge in [0.15, 0.2) is 0 Å². The zero-order chi connectivity index (χ0) is 10.9. The van der Waals surface area contributed by atoms with Crippen molar-refractivity contribution in [1.29, 1.82) is 0 Å². The summed E-state index contributed by atoms with van der Waals surface area (Å²) in [6.07, 6.45) is 1.06. The highest BCUT2D eigenvalue weighted by Gasteiger charge is 2.21. The summed E-state index contributed by atoms with van der Waals surface area (Å²) in [7, 11) is 0. The van der Waals surface area contributed by atoms with E-state index >= 15 is 0 Å². The fraction of sp³-hybridized carbons (Fsp3) is 0.636. The minimum absolute atomic E-state index is 0.0892. The first kappa shape index (κ1) is 11.9. The van der Waals surface area contributed by atoms with Gasteiger partial charge in [0.2, 0.25) is 0 Å². The summed E-state index contributed by atoms with van der Waals surface area (Å²) in [6, 6.07) is 1.97. The van der Waals surface area contributed by atoms with Crippen LogP contribution in [0.5, 0.6) is 0 Å². The third kappa shape index (κ3) is 2.26. The van der Waals surface area contributed by atoms with Crippen molar-refractivity contribution < 1.29 is 0 Å². The highest BCUT2D eigenvalue weighted by atomic mass is 35.5. The topological polar surface area (TPSA) is 4.93 Å². The van der Waals surface area contributed by atoms with Gasteiger partial charge in [-0.15, -0.1) is 0 Å². The van der Waals surface area contributed by atoms with Crippen molar-refractivity contribution in [3.8, 4) is 0 Å². The van der Waals surface area contributed by atoms with Gasteiger partial charge in [-0.1, -0.05) is 50.9 Å². The number of aromatic nitrogens is 1. The Labute approximate surface area is 96.0 Å². The standard InChI is InChI=1S/C11H17Cl2N/c1-5-6-14-9(11(2,3)4)7-8(12)10(14)13/h7H,5-6H2,1-4H3. The molecule has 0 atom stereocenters. The molecule has 0 radical (unpaired) electrons.